The van der Waals surface area contributed by atoms with Gasteiger partial charge in [-0.25, -0.2) is 0 Å². The fourth-order valence-electron chi connectivity index (χ4n) is 2.15. The predicted octanol–water partition coefficient (Wildman–Crippen LogP) is 2.78. The molecular weight excluding hydrogens is 292 g/mol. The van der Waals surface area contributed by atoms with Crippen LogP contribution in [0.1, 0.15) is 18.4 Å². The number of rotatable bonds is 7. The lowest BCUT2D eigenvalue weighted by atomic mass is 10.2. The average Bonchev–Trinajstić information content (AvgIpc) is 3.17. The Morgan fingerprint density at radius 1 is 1.44 bits per heavy atom. The zero-order valence-corrected chi connectivity index (χ0v) is 12.7. The minimum absolute atomic E-state index is 0.710. The van der Waals surface area contributed by atoms with Crippen molar-refractivity contribution in [2.24, 2.45) is 0 Å². The van der Waals surface area contributed by atoms with Gasteiger partial charge in [0.1, 0.15) is 0 Å². The van der Waals surface area contributed by atoms with Gasteiger partial charge in [-0.2, -0.15) is 0 Å². The average molecular weight is 313 g/mol. The Kier molecular flexibility index (Phi) is 5.03. The molecule has 0 unspecified atom stereocenters. The van der Waals surface area contributed by atoms with Crippen molar-refractivity contribution in [3.63, 3.8) is 0 Å². The number of anilines is 1. The number of nitrogens with one attached hydrogen (secondary N) is 1. The maximum absolute atomic E-state index is 5.20. The van der Waals surface area contributed by atoms with E-state index in [1.54, 1.807) is 7.11 Å². The Labute approximate surface area is 118 Å². The second-order valence-electron chi connectivity index (χ2n) is 4.72. The summed E-state index contributed by atoms with van der Waals surface area (Å²) in [6, 6.07) is 7.34. The molecule has 1 aromatic rings. The molecule has 0 atom stereocenters. The van der Waals surface area contributed by atoms with Gasteiger partial charge in [-0.3, -0.25) is 0 Å². The van der Waals surface area contributed by atoms with E-state index in [1.165, 1.54) is 28.6 Å². The van der Waals surface area contributed by atoms with E-state index in [0.717, 1.165) is 19.7 Å². The van der Waals surface area contributed by atoms with Crippen LogP contribution in [0, 0.1) is 0 Å². The number of ether oxygens (including phenoxy) is 1. The van der Waals surface area contributed by atoms with E-state index in [1.807, 2.05) is 7.05 Å². The molecule has 1 aromatic carbocycles. The molecule has 100 valence electrons. The first-order valence-electron chi connectivity index (χ1n) is 6.45. The third-order valence-electron chi connectivity index (χ3n) is 3.26. The first-order valence-corrected chi connectivity index (χ1v) is 7.24. The van der Waals surface area contributed by atoms with Crippen LogP contribution in [0.15, 0.2) is 22.7 Å². The summed E-state index contributed by atoms with van der Waals surface area (Å²) >= 11 is 3.66. The molecular formula is C14H21BrN2O. The molecule has 0 bridgehead atoms. The molecule has 1 aliphatic carbocycles. The van der Waals surface area contributed by atoms with E-state index in [-0.39, 0.29) is 0 Å². The van der Waals surface area contributed by atoms with Crippen LogP contribution in [0.3, 0.4) is 0 Å². The fraction of sp³-hybridized carbons (Fsp3) is 0.571. The fourth-order valence-corrected chi connectivity index (χ4v) is 2.65. The van der Waals surface area contributed by atoms with Crippen LogP contribution in [-0.4, -0.2) is 33.4 Å². The van der Waals surface area contributed by atoms with E-state index < -0.39 is 0 Å². The maximum atomic E-state index is 5.20. The van der Waals surface area contributed by atoms with Crippen molar-refractivity contribution in [1.82, 2.24) is 5.32 Å². The Hall–Kier alpha value is -0.580. The second kappa shape index (κ2) is 6.55. The molecule has 18 heavy (non-hydrogen) atoms. The van der Waals surface area contributed by atoms with Gasteiger partial charge in [0.05, 0.1) is 6.61 Å². The minimum Gasteiger partial charge on any atom is -0.383 e. The maximum Gasteiger partial charge on any atom is 0.0637 e. The van der Waals surface area contributed by atoms with E-state index >= 15 is 0 Å². The second-order valence-corrected chi connectivity index (χ2v) is 5.58. The smallest absolute Gasteiger partial charge is 0.0637 e. The zero-order valence-electron chi connectivity index (χ0n) is 11.1. The van der Waals surface area contributed by atoms with Crippen molar-refractivity contribution in [3.05, 3.63) is 28.2 Å². The van der Waals surface area contributed by atoms with Crippen LogP contribution in [0.4, 0.5) is 5.69 Å². The highest BCUT2D eigenvalue weighted by atomic mass is 79.9. The molecule has 0 aliphatic heterocycles. The summed E-state index contributed by atoms with van der Waals surface area (Å²) in [6.07, 6.45) is 2.61. The van der Waals surface area contributed by atoms with Gasteiger partial charge >= 0.3 is 0 Å². The quantitative estimate of drug-likeness (QED) is 0.838. The number of hydrogen-bond acceptors (Lipinski definition) is 3. The first-order chi connectivity index (χ1) is 8.76. The SMILES string of the molecule is CNCc1ccc(N(CCOC)C2CC2)cc1Br. The van der Waals surface area contributed by atoms with Crippen molar-refractivity contribution >= 4 is 21.6 Å². The lowest BCUT2D eigenvalue weighted by molar-refractivity contribution is 0.205. The highest BCUT2D eigenvalue weighted by Gasteiger charge is 2.29. The summed E-state index contributed by atoms with van der Waals surface area (Å²) < 4.78 is 6.38. The Morgan fingerprint density at radius 3 is 2.78 bits per heavy atom. The summed E-state index contributed by atoms with van der Waals surface area (Å²) in [5, 5.41) is 3.18. The van der Waals surface area contributed by atoms with E-state index in [0.29, 0.717) is 6.04 Å². The molecule has 0 spiro atoms. The van der Waals surface area contributed by atoms with Gasteiger partial charge in [-0.15, -0.1) is 0 Å². The van der Waals surface area contributed by atoms with Gasteiger partial charge in [-0.1, -0.05) is 22.0 Å². The highest BCUT2D eigenvalue weighted by molar-refractivity contribution is 9.10. The van der Waals surface area contributed by atoms with Crippen molar-refractivity contribution < 1.29 is 4.74 Å². The number of nitrogens with zero attached hydrogens (tertiary/aromatic N) is 1. The molecule has 0 aromatic heterocycles. The molecule has 1 N–H and O–H groups in total. The van der Waals surface area contributed by atoms with Crippen molar-refractivity contribution in [1.29, 1.82) is 0 Å². The third-order valence-corrected chi connectivity index (χ3v) is 4.00. The minimum atomic E-state index is 0.710. The van der Waals surface area contributed by atoms with Crippen molar-refractivity contribution in [2.75, 3.05) is 32.2 Å². The summed E-state index contributed by atoms with van der Waals surface area (Å²) in [7, 11) is 3.73. The lowest BCUT2D eigenvalue weighted by Gasteiger charge is -2.25. The summed E-state index contributed by atoms with van der Waals surface area (Å²) in [5.41, 5.74) is 2.59. The Morgan fingerprint density at radius 2 is 2.22 bits per heavy atom. The molecule has 0 radical (unpaired) electrons. The largest absolute Gasteiger partial charge is 0.383 e. The number of benzene rings is 1. The normalized spacial score (nSPS) is 14.8. The van der Waals surface area contributed by atoms with Gasteiger partial charge in [-0.05, 0) is 37.6 Å². The van der Waals surface area contributed by atoms with Crippen molar-refractivity contribution in [2.45, 2.75) is 25.4 Å². The monoisotopic (exact) mass is 312 g/mol. The van der Waals surface area contributed by atoms with Gasteiger partial charge in [0.25, 0.3) is 0 Å². The molecule has 4 heteroatoms. The number of halogens is 1. The standard InChI is InChI=1S/C14H21BrN2O/c1-16-10-11-3-4-13(9-14(11)15)17(7-8-18-2)12-5-6-12/h3-4,9,12,16H,5-8,10H2,1-2H3. The summed E-state index contributed by atoms with van der Waals surface area (Å²) in [4.78, 5) is 2.46. The summed E-state index contributed by atoms with van der Waals surface area (Å²) in [6.45, 7) is 2.65. The van der Waals surface area contributed by atoms with Gasteiger partial charge in [0.15, 0.2) is 0 Å². The number of methoxy groups -OCH3 is 1. The van der Waals surface area contributed by atoms with Crippen LogP contribution in [0.5, 0.6) is 0 Å². The van der Waals surface area contributed by atoms with Gasteiger partial charge in [0, 0.05) is 36.4 Å². The van der Waals surface area contributed by atoms with Crippen molar-refractivity contribution in [3.8, 4) is 0 Å². The molecule has 0 amide bonds. The molecule has 1 aliphatic rings. The molecule has 0 saturated heterocycles. The first kappa shape index (κ1) is 13.8. The van der Waals surface area contributed by atoms with E-state index in [4.69, 9.17) is 4.74 Å². The van der Waals surface area contributed by atoms with Crippen LogP contribution in [0.25, 0.3) is 0 Å². The van der Waals surface area contributed by atoms with Gasteiger partial charge in [0.2, 0.25) is 0 Å². The van der Waals surface area contributed by atoms with Crippen LogP contribution in [-0.2, 0) is 11.3 Å². The third kappa shape index (κ3) is 3.46. The Balaban J connectivity index is 2.12. The predicted molar refractivity (Wildman–Crippen MR) is 79.1 cm³/mol. The molecule has 0 heterocycles. The lowest BCUT2D eigenvalue weighted by Crippen LogP contribution is -2.29. The van der Waals surface area contributed by atoms with Crippen LogP contribution >= 0.6 is 15.9 Å². The molecule has 3 nitrogen and oxygen atoms in total. The van der Waals surface area contributed by atoms with Gasteiger partial charge < -0.3 is 15.0 Å². The van der Waals surface area contributed by atoms with E-state index in [2.05, 4.69) is 44.3 Å². The van der Waals surface area contributed by atoms with E-state index in [9.17, 15) is 0 Å². The van der Waals surface area contributed by atoms with Crippen LogP contribution < -0.4 is 10.2 Å². The molecule has 1 fully saturated rings. The number of hydrogen-bond donors (Lipinski definition) is 1. The highest BCUT2D eigenvalue weighted by Crippen LogP contribution is 2.33. The van der Waals surface area contributed by atoms with Crippen LogP contribution in [0.2, 0.25) is 0 Å². The molecule has 2 rings (SSSR count). The Bertz CT molecular complexity index is 393. The topological polar surface area (TPSA) is 24.5 Å². The zero-order chi connectivity index (χ0) is 13.0. The summed E-state index contributed by atoms with van der Waals surface area (Å²) in [5.74, 6) is 0. The molecule has 1 saturated carbocycles.